The number of benzene rings is 1. The Morgan fingerprint density at radius 1 is 1.25 bits per heavy atom. The maximum absolute atomic E-state index is 11.3. The van der Waals surface area contributed by atoms with Gasteiger partial charge in [-0.25, -0.2) is 15.0 Å². The fourth-order valence-corrected chi connectivity index (χ4v) is 4.15. The highest BCUT2D eigenvalue weighted by Gasteiger charge is 2.21. The van der Waals surface area contributed by atoms with Crippen molar-refractivity contribution in [2.24, 2.45) is 0 Å². The molecule has 0 aliphatic heterocycles. The lowest BCUT2D eigenvalue weighted by Crippen LogP contribution is -2.22. The minimum atomic E-state index is -1.20. The molecular weight excluding hydrogens is 426 g/mol. The number of non-ortho nitro benzene ring substituents is 1. The predicted octanol–water partition coefficient (Wildman–Crippen LogP) is 5.28. The number of nitro groups is 1. The third kappa shape index (κ3) is 4.60. The van der Waals surface area contributed by atoms with Crippen LogP contribution in [0.1, 0.15) is 5.69 Å². The van der Waals surface area contributed by atoms with Crippen LogP contribution in [0.3, 0.4) is 0 Å². The Morgan fingerprint density at radius 2 is 2.06 bits per heavy atom. The molecule has 0 radical (unpaired) electrons. The summed E-state index contributed by atoms with van der Waals surface area (Å²) in [7, 11) is -1.20. The molecular formula is C22H25N5O4Si. The summed E-state index contributed by atoms with van der Waals surface area (Å²) in [5, 5.41) is 12.0. The van der Waals surface area contributed by atoms with E-state index in [1.807, 2.05) is 17.7 Å². The van der Waals surface area contributed by atoms with Gasteiger partial charge in [0.25, 0.3) is 5.69 Å². The van der Waals surface area contributed by atoms with E-state index in [1.165, 1.54) is 18.5 Å². The van der Waals surface area contributed by atoms with E-state index < -0.39 is 13.0 Å². The first kappa shape index (κ1) is 21.8. The van der Waals surface area contributed by atoms with Gasteiger partial charge in [0.15, 0.2) is 0 Å². The number of ether oxygens (including phenoxy) is 1. The second-order valence-corrected chi connectivity index (χ2v) is 14.5. The van der Waals surface area contributed by atoms with Gasteiger partial charge in [0.2, 0.25) is 5.89 Å². The zero-order valence-corrected chi connectivity index (χ0v) is 19.5. The van der Waals surface area contributed by atoms with Gasteiger partial charge in [0, 0.05) is 38.6 Å². The Kier molecular flexibility index (Phi) is 5.89. The number of fused-ring (bicyclic) bond motifs is 1. The monoisotopic (exact) mass is 451 g/mol. The molecule has 0 unspecified atom stereocenters. The first-order valence-corrected chi connectivity index (χ1v) is 14.0. The molecule has 0 spiro atoms. The Bertz CT molecular complexity index is 1280. The molecule has 0 aliphatic rings. The van der Waals surface area contributed by atoms with Crippen molar-refractivity contribution in [3.63, 3.8) is 0 Å². The Balaban J connectivity index is 1.81. The van der Waals surface area contributed by atoms with Gasteiger partial charge in [-0.1, -0.05) is 31.8 Å². The molecule has 3 heterocycles. The Labute approximate surface area is 186 Å². The summed E-state index contributed by atoms with van der Waals surface area (Å²) in [5.74, 6) is 0.440. The molecule has 3 aromatic heterocycles. The number of aryl methyl sites for hydroxylation is 1. The standard InChI is InChI=1S/C22H25N5O4Si/c1-15-12-31-22(25-15)18-11-26(14-30-8-9-32(2,3)4)21-19(18)20(23-13-24-21)16-6-5-7-17(10-16)27(28)29/h5-7,10-13H,8-9,14H2,1-4H3. The molecule has 32 heavy (non-hydrogen) atoms. The first-order valence-electron chi connectivity index (χ1n) is 10.3. The molecule has 0 aliphatic carbocycles. The van der Waals surface area contributed by atoms with Crippen molar-refractivity contribution in [3.8, 4) is 22.7 Å². The third-order valence-electron chi connectivity index (χ3n) is 5.06. The molecule has 0 bridgehead atoms. The lowest BCUT2D eigenvalue weighted by Gasteiger charge is -2.15. The van der Waals surface area contributed by atoms with E-state index in [4.69, 9.17) is 9.15 Å². The molecule has 0 N–H and O–H groups in total. The predicted molar refractivity (Wildman–Crippen MR) is 124 cm³/mol. The van der Waals surface area contributed by atoms with E-state index in [-0.39, 0.29) is 5.69 Å². The second-order valence-electron chi connectivity index (χ2n) is 8.88. The van der Waals surface area contributed by atoms with Gasteiger partial charge in [-0.2, -0.15) is 0 Å². The molecule has 1 aromatic carbocycles. The van der Waals surface area contributed by atoms with Gasteiger partial charge in [-0.3, -0.25) is 10.1 Å². The summed E-state index contributed by atoms with van der Waals surface area (Å²) in [4.78, 5) is 24.3. The van der Waals surface area contributed by atoms with Crippen LogP contribution in [0.5, 0.6) is 0 Å². The number of hydrogen-bond donors (Lipinski definition) is 0. The van der Waals surface area contributed by atoms with Crippen LogP contribution in [0, 0.1) is 17.0 Å². The van der Waals surface area contributed by atoms with Crippen LogP contribution in [0.2, 0.25) is 25.7 Å². The van der Waals surface area contributed by atoms with E-state index in [0.29, 0.717) is 47.1 Å². The van der Waals surface area contributed by atoms with E-state index in [9.17, 15) is 10.1 Å². The highest BCUT2D eigenvalue weighted by Crippen LogP contribution is 2.36. The molecule has 4 rings (SSSR count). The molecule has 10 heteroatoms. The molecule has 4 aromatic rings. The summed E-state index contributed by atoms with van der Waals surface area (Å²) in [6.07, 6.45) is 4.93. The number of hydrogen-bond acceptors (Lipinski definition) is 7. The van der Waals surface area contributed by atoms with Crippen molar-refractivity contribution in [3.05, 3.63) is 58.9 Å². The molecule has 0 atom stereocenters. The smallest absolute Gasteiger partial charge is 0.270 e. The third-order valence-corrected chi connectivity index (χ3v) is 6.76. The number of aromatic nitrogens is 4. The van der Waals surface area contributed by atoms with Crippen LogP contribution in [0.4, 0.5) is 5.69 Å². The SMILES string of the molecule is Cc1coc(-c2cn(COCC[Si](C)(C)C)c3ncnc(-c4cccc([N+](=O)[O-])c4)c23)n1. The fraction of sp³-hybridized carbons (Fsp3) is 0.318. The summed E-state index contributed by atoms with van der Waals surface area (Å²) in [6, 6.07) is 7.46. The number of oxazole rings is 1. The fourth-order valence-electron chi connectivity index (χ4n) is 3.39. The normalized spacial score (nSPS) is 11.9. The van der Waals surface area contributed by atoms with Gasteiger partial charge in [-0.15, -0.1) is 0 Å². The van der Waals surface area contributed by atoms with Crippen LogP contribution < -0.4 is 0 Å². The van der Waals surface area contributed by atoms with E-state index >= 15 is 0 Å². The lowest BCUT2D eigenvalue weighted by molar-refractivity contribution is -0.384. The molecule has 0 saturated carbocycles. The zero-order chi connectivity index (χ0) is 22.9. The van der Waals surface area contributed by atoms with Gasteiger partial charge >= 0.3 is 0 Å². The molecule has 0 amide bonds. The van der Waals surface area contributed by atoms with E-state index in [1.54, 1.807) is 18.4 Å². The minimum absolute atomic E-state index is 0.00288. The van der Waals surface area contributed by atoms with Gasteiger partial charge in [0.1, 0.15) is 25.0 Å². The van der Waals surface area contributed by atoms with Crippen molar-refractivity contribution in [1.29, 1.82) is 0 Å². The maximum atomic E-state index is 11.3. The van der Waals surface area contributed by atoms with Gasteiger partial charge < -0.3 is 13.7 Å². The highest BCUT2D eigenvalue weighted by atomic mass is 28.3. The van der Waals surface area contributed by atoms with Gasteiger partial charge in [0.05, 0.1) is 27.3 Å². The largest absolute Gasteiger partial charge is 0.444 e. The van der Waals surface area contributed by atoms with E-state index in [2.05, 4.69) is 34.6 Å². The maximum Gasteiger partial charge on any atom is 0.270 e. The average molecular weight is 452 g/mol. The Morgan fingerprint density at radius 3 is 2.75 bits per heavy atom. The van der Waals surface area contributed by atoms with E-state index in [0.717, 1.165) is 11.7 Å². The van der Waals surface area contributed by atoms with Gasteiger partial charge in [-0.05, 0) is 13.0 Å². The molecule has 0 saturated heterocycles. The van der Waals surface area contributed by atoms with Crippen molar-refractivity contribution in [1.82, 2.24) is 19.5 Å². The molecule has 9 nitrogen and oxygen atoms in total. The van der Waals surface area contributed by atoms with Crippen LogP contribution in [-0.4, -0.2) is 39.1 Å². The van der Waals surface area contributed by atoms with Crippen molar-refractivity contribution in [2.75, 3.05) is 6.61 Å². The topological polar surface area (TPSA) is 109 Å². The average Bonchev–Trinajstić information content (AvgIpc) is 3.34. The van der Waals surface area contributed by atoms with Crippen LogP contribution >= 0.6 is 0 Å². The summed E-state index contributed by atoms with van der Waals surface area (Å²) in [5.41, 5.74) is 3.31. The van der Waals surface area contributed by atoms with Crippen molar-refractivity contribution in [2.45, 2.75) is 39.3 Å². The van der Waals surface area contributed by atoms with Crippen molar-refractivity contribution < 1.29 is 14.1 Å². The van der Waals surface area contributed by atoms with Crippen molar-refractivity contribution >= 4 is 24.8 Å². The number of rotatable bonds is 8. The van der Waals surface area contributed by atoms with Crippen LogP contribution in [0.15, 0.2) is 47.5 Å². The molecule has 166 valence electrons. The highest BCUT2D eigenvalue weighted by molar-refractivity contribution is 6.76. The number of nitro benzene ring substituents is 1. The first-order chi connectivity index (χ1) is 15.2. The quantitative estimate of drug-likeness (QED) is 0.155. The Hall–Kier alpha value is -3.37. The summed E-state index contributed by atoms with van der Waals surface area (Å²) < 4.78 is 13.5. The second kappa shape index (κ2) is 8.64. The van der Waals surface area contributed by atoms with Crippen LogP contribution in [0.25, 0.3) is 33.7 Å². The minimum Gasteiger partial charge on any atom is -0.444 e. The number of nitrogens with zero attached hydrogens (tertiary/aromatic N) is 5. The lowest BCUT2D eigenvalue weighted by atomic mass is 10.1. The zero-order valence-electron chi connectivity index (χ0n) is 18.5. The summed E-state index contributed by atoms with van der Waals surface area (Å²) in [6.45, 7) is 9.77. The summed E-state index contributed by atoms with van der Waals surface area (Å²) >= 11 is 0. The molecule has 0 fully saturated rings. The van der Waals surface area contributed by atoms with Crippen LogP contribution in [-0.2, 0) is 11.5 Å².